The zero-order valence-electron chi connectivity index (χ0n) is 34.1. The number of benzene rings is 1. The summed E-state index contributed by atoms with van der Waals surface area (Å²) in [7, 11) is 0. The van der Waals surface area contributed by atoms with Gasteiger partial charge < -0.3 is 19.6 Å². The fourth-order valence-corrected chi connectivity index (χ4v) is 9.27. The summed E-state index contributed by atoms with van der Waals surface area (Å²) in [5, 5.41) is 10.8. The molecule has 4 aliphatic rings. The molecule has 3 aliphatic heterocycles. The molecule has 11 nitrogen and oxygen atoms in total. The van der Waals surface area contributed by atoms with Crippen molar-refractivity contribution in [3.8, 4) is 22.5 Å². The fourth-order valence-electron chi connectivity index (χ4n) is 9.27. The van der Waals surface area contributed by atoms with Gasteiger partial charge in [0.1, 0.15) is 5.69 Å². The molecule has 0 radical (unpaired) electrons. The summed E-state index contributed by atoms with van der Waals surface area (Å²) in [6.07, 6.45) is 15.2. The minimum Gasteiger partial charge on any atom is -0.479 e. The van der Waals surface area contributed by atoms with Gasteiger partial charge in [-0.2, -0.15) is 0 Å². The van der Waals surface area contributed by atoms with Gasteiger partial charge in [-0.05, 0) is 119 Å². The van der Waals surface area contributed by atoms with Gasteiger partial charge in [-0.3, -0.25) is 19.9 Å². The Morgan fingerprint density at radius 3 is 2.30 bits per heavy atom. The molecule has 2 saturated heterocycles. The van der Waals surface area contributed by atoms with E-state index in [0.29, 0.717) is 23.5 Å². The Balaban J connectivity index is 1.21. The number of nitrogens with zero attached hydrogens (tertiary/aromatic N) is 8. The number of hydrogen-bond donors (Lipinski definition) is 1. The summed E-state index contributed by atoms with van der Waals surface area (Å²) >= 11 is 0. The molecule has 0 bridgehead atoms. The van der Waals surface area contributed by atoms with Crippen LogP contribution in [0.3, 0.4) is 0 Å². The molecule has 296 valence electrons. The number of aryl methyl sites for hydroxylation is 1. The molecular weight excluding hydrogens is 701 g/mol. The van der Waals surface area contributed by atoms with Crippen molar-refractivity contribution in [2.75, 3.05) is 42.5 Å². The van der Waals surface area contributed by atoms with Crippen LogP contribution in [0.4, 0.5) is 11.6 Å². The number of hydrogen-bond acceptors (Lipinski definition) is 10. The number of piperidine rings is 2. The number of likely N-dealkylation sites (tertiary alicyclic amines) is 1. The molecule has 56 heavy (non-hydrogen) atoms. The Bertz CT molecular complexity index is 2060. The Kier molecular flexibility index (Phi) is 10.4. The van der Waals surface area contributed by atoms with E-state index in [-0.39, 0.29) is 5.41 Å². The van der Waals surface area contributed by atoms with E-state index in [0.717, 1.165) is 98.1 Å². The molecule has 1 aromatic carbocycles. The van der Waals surface area contributed by atoms with Crippen molar-refractivity contribution in [1.29, 1.82) is 0 Å². The van der Waals surface area contributed by atoms with Crippen molar-refractivity contribution in [3.05, 3.63) is 77.1 Å². The molecule has 3 aromatic heterocycles. The average Bonchev–Trinajstić information content (AvgIpc) is 3.16. The third-order valence-corrected chi connectivity index (χ3v) is 12.8. The van der Waals surface area contributed by atoms with E-state index in [1.807, 2.05) is 33.8 Å². The van der Waals surface area contributed by atoms with Gasteiger partial charge in [-0.1, -0.05) is 38.5 Å². The third-order valence-electron chi connectivity index (χ3n) is 12.8. The number of carboxylic acids is 1. The van der Waals surface area contributed by atoms with Gasteiger partial charge in [-0.25, -0.2) is 14.8 Å². The Labute approximate surface area is 332 Å². The number of anilines is 2. The van der Waals surface area contributed by atoms with Gasteiger partial charge >= 0.3 is 5.97 Å². The highest BCUT2D eigenvalue weighted by molar-refractivity contribution is 5.88. The number of aromatic nitrogens is 5. The van der Waals surface area contributed by atoms with Crippen molar-refractivity contribution < 1.29 is 14.6 Å². The lowest BCUT2D eigenvalue weighted by molar-refractivity contribution is -0.160. The normalized spacial score (nSPS) is 20.0. The van der Waals surface area contributed by atoms with Crippen LogP contribution in [0.25, 0.3) is 22.5 Å². The number of ether oxygens (including phenoxy) is 1. The first-order valence-corrected chi connectivity index (χ1v) is 20.6. The van der Waals surface area contributed by atoms with E-state index in [9.17, 15) is 9.90 Å². The highest BCUT2D eigenvalue weighted by atomic mass is 16.5. The molecule has 1 aliphatic carbocycles. The van der Waals surface area contributed by atoms with Crippen LogP contribution in [-0.2, 0) is 29.0 Å². The second-order valence-electron chi connectivity index (χ2n) is 18.5. The van der Waals surface area contributed by atoms with Crippen molar-refractivity contribution in [2.24, 2.45) is 10.8 Å². The van der Waals surface area contributed by atoms with E-state index in [4.69, 9.17) is 14.7 Å². The molecule has 1 atom stereocenters. The summed E-state index contributed by atoms with van der Waals surface area (Å²) in [6.45, 7) is 18.5. The minimum atomic E-state index is -1.16. The van der Waals surface area contributed by atoms with Gasteiger partial charge in [0.05, 0.1) is 28.9 Å². The van der Waals surface area contributed by atoms with Crippen LogP contribution in [0.15, 0.2) is 49.1 Å². The Hall–Kier alpha value is -4.48. The van der Waals surface area contributed by atoms with Gasteiger partial charge in [0.25, 0.3) is 0 Å². The molecule has 1 spiro atoms. The molecule has 1 unspecified atom stereocenters. The van der Waals surface area contributed by atoms with Gasteiger partial charge in [0, 0.05) is 68.1 Å². The molecule has 4 aromatic rings. The van der Waals surface area contributed by atoms with E-state index in [1.165, 1.54) is 43.2 Å². The Morgan fingerprint density at radius 2 is 1.64 bits per heavy atom. The van der Waals surface area contributed by atoms with E-state index < -0.39 is 17.7 Å². The SMILES string of the molecule is Cc1nc(CN2CCC3(CCC3)CC2)c(-c2ccc3c(c2)CCN(c2nccc(-c4cnccn4)n2)C3)c(N2CCC(C)(C)CC2)c1C(OC(C)(C)C)C(=O)O. The molecule has 8 rings (SSSR count). The standard InChI is InChI=1S/C45H58N8O3/c1-30-37(40(41(54)55)56-43(2,3)4)39(52-24-14-44(5,6)15-25-52)38(36(49-30)29-51-22-16-45(17-23-51)12-7-13-45)32-8-9-33-28-53(21-11-31(33)26-32)42-48-18-10-34(50-42)35-27-46-19-20-47-35/h8-10,18-20,26-27,40H,7,11-17,21-25,28-29H2,1-6H3,(H,54,55). The summed E-state index contributed by atoms with van der Waals surface area (Å²) in [5.41, 5.74) is 9.67. The lowest BCUT2D eigenvalue weighted by atomic mass is 9.63. The summed E-state index contributed by atoms with van der Waals surface area (Å²) in [4.78, 5) is 44.1. The number of carbonyl (C=O) groups is 1. The minimum absolute atomic E-state index is 0.219. The highest BCUT2D eigenvalue weighted by Gasteiger charge is 2.41. The molecule has 11 heteroatoms. The number of fused-ring (bicyclic) bond motifs is 1. The smallest absolute Gasteiger partial charge is 0.337 e. The molecule has 0 amide bonds. The van der Waals surface area contributed by atoms with Crippen molar-refractivity contribution in [2.45, 2.75) is 118 Å². The van der Waals surface area contributed by atoms with Crippen LogP contribution in [0, 0.1) is 17.8 Å². The summed E-state index contributed by atoms with van der Waals surface area (Å²) < 4.78 is 6.44. The van der Waals surface area contributed by atoms with Crippen molar-refractivity contribution in [3.63, 3.8) is 0 Å². The maximum Gasteiger partial charge on any atom is 0.337 e. The zero-order valence-corrected chi connectivity index (χ0v) is 34.1. The first-order chi connectivity index (χ1) is 26.8. The van der Waals surface area contributed by atoms with Gasteiger partial charge in [0.2, 0.25) is 5.95 Å². The maximum absolute atomic E-state index is 13.3. The second-order valence-corrected chi connectivity index (χ2v) is 18.5. The summed E-state index contributed by atoms with van der Waals surface area (Å²) in [6, 6.07) is 8.70. The first-order valence-electron chi connectivity index (χ1n) is 20.6. The topological polar surface area (TPSA) is 121 Å². The zero-order chi connectivity index (χ0) is 39.2. The van der Waals surface area contributed by atoms with Crippen LogP contribution < -0.4 is 9.80 Å². The van der Waals surface area contributed by atoms with Crippen LogP contribution in [0.1, 0.15) is 114 Å². The first kappa shape index (κ1) is 38.4. The van der Waals surface area contributed by atoms with Gasteiger partial charge in [0.15, 0.2) is 6.10 Å². The van der Waals surface area contributed by atoms with E-state index in [1.54, 1.807) is 24.8 Å². The molecule has 6 heterocycles. The largest absolute Gasteiger partial charge is 0.479 e. The predicted molar refractivity (Wildman–Crippen MR) is 219 cm³/mol. The molecule has 1 saturated carbocycles. The number of pyridine rings is 1. The van der Waals surface area contributed by atoms with Crippen LogP contribution >= 0.6 is 0 Å². The number of aliphatic carboxylic acids is 1. The lowest BCUT2D eigenvalue weighted by Crippen LogP contribution is -2.43. The monoisotopic (exact) mass is 758 g/mol. The number of rotatable bonds is 9. The van der Waals surface area contributed by atoms with Crippen LogP contribution in [0.2, 0.25) is 0 Å². The summed E-state index contributed by atoms with van der Waals surface area (Å²) in [5.74, 6) is -0.309. The molecule has 1 N–H and O–H groups in total. The Morgan fingerprint density at radius 1 is 0.875 bits per heavy atom. The number of carboxylic acid groups (broad SMARTS) is 1. The lowest BCUT2D eigenvalue weighted by Gasteiger charge is -2.48. The average molecular weight is 759 g/mol. The van der Waals surface area contributed by atoms with Crippen LogP contribution in [-0.4, -0.2) is 79.2 Å². The predicted octanol–water partition coefficient (Wildman–Crippen LogP) is 8.20. The maximum atomic E-state index is 13.3. The van der Waals surface area contributed by atoms with Crippen molar-refractivity contribution in [1.82, 2.24) is 29.8 Å². The quantitative estimate of drug-likeness (QED) is 0.178. The van der Waals surface area contributed by atoms with E-state index in [2.05, 4.69) is 61.7 Å². The highest BCUT2D eigenvalue weighted by Crippen LogP contribution is 2.50. The molecular formula is C45H58N8O3. The van der Waals surface area contributed by atoms with Crippen molar-refractivity contribution >= 4 is 17.6 Å². The second kappa shape index (κ2) is 15.1. The van der Waals surface area contributed by atoms with Gasteiger partial charge in [-0.15, -0.1) is 0 Å². The van der Waals surface area contributed by atoms with Crippen LogP contribution in [0.5, 0.6) is 0 Å². The van der Waals surface area contributed by atoms with E-state index >= 15 is 0 Å². The fraction of sp³-hybridized carbons (Fsp3) is 0.556. The molecule has 3 fully saturated rings. The third kappa shape index (κ3) is 8.03.